The van der Waals surface area contributed by atoms with Gasteiger partial charge in [0.15, 0.2) is 11.5 Å². The minimum absolute atomic E-state index is 0. The highest BCUT2D eigenvalue weighted by atomic mass is 19.3. The fourth-order valence-electron chi connectivity index (χ4n) is 8.21. The van der Waals surface area contributed by atoms with Gasteiger partial charge in [-0.2, -0.15) is 0 Å². The zero-order valence-corrected chi connectivity index (χ0v) is 36.6. The summed E-state index contributed by atoms with van der Waals surface area (Å²) in [5.74, 6) is -1.59. The molecule has 1 saturated carbocycles. The molecule has 13 heteroatoms. The minimum Gasteiger partial charge on any atom is -0.508 e. The number of hydrogen-bond acceptors (Lipinski definition) is 8. The van der Waals surface area contributed by atoms with Crippen LogP contribution in [-0.2, 0) is 27.5 Å². The Labute approximate surface area is 380 Å². The fraction of sp³-hybridized carbons (Fsp3) is 0.264. The highest BCUT2D eigenvalue weighted by Crippen LogP contribution is 2.53. The Morgan fingerprint density at radius 1 is 0.788 bits per heavy atom. The van der Waals surface area contributed by atoms with Crippen molar-refractivity contribution in [3.63, 3.8) is 0 Å². The van der Waals surface area contributed by atoms with Crippen LogP contribution in [0.3, 0.4) is 0 Å². The lowest BCUT2D eigenvalue weighted by Gasteiger charge is -2.28. The normalized spacial score (nSPS) is 14.4. The van der Waals surface area contributed by atoms with E-state index < -0.39 is 23.6 Å². The molecule has 7 aromatic rings. The minimum atomic E-state index is -3.71. The first-order valence-corrected chi connectivity index (χ1v) is 21.1. The molecular weight excluding hydrogens is 845 g/mol. The third-order valence-corrected chi connectivity index (χ3v) is 11.8. The lowest BCUT2D eigenvalue weighted by molar-refractivity contribution is -0.286. The topological polar surface area (TPSA) is 168 Å². The SMILES string of the molecule is C.CC(C)(C)c1cc(C(C)(C)C)c(NC(=O)c2c[nH]c3ccccc3c2=O)cc1O.O=C(O)c1ccc(-c2nc(CC(=O)C3(c4ccc5c(c4)OC(F)(F)O5)CC3)cc3ccccc23)cc1. The number of phenolic OH excluding ortho intramolecular Hbond substituents is 1. The standard InChI is InChI=1S/C28H19F2NO5.C24H28N2O3.CH4/c29-28(30)35-22-10-9-19(14-23(22)36-28)27(11-12-27)24(32)15-20-13-18-3-1-2-4-21(18)25(31-20)16-5-7-17(8-6-16)26(33)34;1-23(2,3)16-11-17(24(4,5)6)20(27)12-19(16)26-22(29)15-13-25-18-10-8-7-9-14(18)21(15)28;/h1-10,13-14H,11-12,15H2,(H,33,34);7-13,27H,1-6H3,(H,25,28)(H,26,29);1H4. The molecule has 9 rings (SSSR count). The average Bonchev–Trinajstić information content (AvgIpc) is 4.00. The van der Waals surface area contributed by atoms with Gasteiger partial charge >= 0.3 is 12.3 Å². The van der Waals surface area contributed by atoms with Gasteiger partial charge in [-0.3, -0.25) is 19.4 Å². The number of para-hydroxylation sites is 1. The summed E-state index contributed by atoms with van der Waals surface area (Å²) in [5.41, 5.74) is 4.06. The number of H-pyrrole nitrogens is 1. The number of aromatic carboxylic acids is 1. The molecule has 1 aliphatic heterocycles. The maximum Gasteiger partial charge on any atom is 0.586 e. The summed E-state index contributed by atoms with van der Waals surface area (Å²) in [5, 5.41) is 24.9. The van der Waals surface area contributed by atoms with Crippen molar-refractivity contribution in [3.8, 4) is 28.5 Å². The first kappa shape index (κ1) is 46.6. The molecule has 0 bridgehead atoms. The smallest absolute Gasteiger partial charge is 0.508 e. The lowest BCUT2D eigenvalue weighted by Crippen LogP contribution is -2.26. The Balaban J connectivity index is 0.000000198. The van der Waals surface area contributed by atoms with Crippen LogP contribution in [0.4, 0.5) is 14.5 Å². The molecule has 4 N–H and O–H groups in total. The van der Waals surface area contributed by atoms with Crippen molar-refractivity contribution >= 4 is 45.0 Å². The molecule has 0 saturated heterocycles. The van der Waals surface area contributed by atoms with Gasteiger partial charge < -0.3 is 30.0 Å². The molecule has 340 valence electrons. The Morgan fingerprint density at radius 2 is 1.42 bits per heavy atom. The molecule has 0 spiro atoms. The number of nitrogens with one attached hydrogen (secondary N) is 2. The lowest BCUT2D eigenvalue weighted by atomic mass is 9.79. The second kappa shape index (κ2) is 17.2. The van der Waals surface area contributed by atoms with Gasteiger partial charge in [0.25, 0.3) is 5.91 Å². The van der Waals surface area contributed by atoms with Crippen molar-refractivity contribution in [3.05, 3.63) is 159 Å². The quantitative estimate of drug-likeness (QED) is 0.116. The van der Waals surface area contributed by atoms with Gasteiger partial charge in [-0.15, -0.1) is 8.78 Å². The first-order valence-electron chi connectivity index (χ1n) is 21.1. The van der Waals surface area contributed by atoms with Gasteiger partial charge in [0.05, 0.1) is 16.7 Å². The summed E-state index contributed by atoms with van der Waals surface area (Å²) in [4.78, 5) is 58.2. The second-order valence-corrected chi connectivity index (χ2v) is 18.5. The number of ether oxygens (including phenoxy) is 2. The number of rotatable bonds is 8. The second-order valence-electron chi connectivity index (χ2n) is 18.5. The number of alkyl halides is 2. The van der Waals surface area contributed by atoms with Crippen molar-refractivity contribution in [2.45, 2.75) is 90.8 Å². The van der Waals surface area contributed by atoms with Gasteiger partial charge in [-0.25, -0.2) is 4.79 Å². The summed E-state index contributed by atoms with van der Waals surface area (Å²) < 4.78 is 35.9. The number of benzene rings is 5. The first-order chi connectivity index (χ1) is 30.6. The third-order valence-electron chi connectivity index (χ3n) is 11.8. The molecule has 66 heavy (non-hydrogen) atoms. The Morgan fingerprint density at radius 3 is 2.08 bits per heavy atom. The van der Waals surface area contributed by atoms with Crippen LogP contribution in [0.2, 0.25) is 0 Å². The highest BCUT2D eigenvalue weighted by molar-refractivity contribution is 6.06. The zero-order chi connectivity index (χ0) is 46.6. The van der Waals surface area contributed by atoms with Gasteiger partial charge in [0, 0.05) is 51.9 Å². The number of Topliss-reactive ketones (excluding diaryl/α,β-unsaturated/α-hetero) is 1. The molecular formula is C53H51F2N3O8. The number of fused-ring (bicyclic) bond motifs is 3. The Kier molecular flexibility index (Phi) is 12.1. The number of carboxylic acids is 1. The van der Waals surface area contributed by atoms with Crippen LogP contribution < -0.4 is 20.2 Å². The molecule has 11 nitrogen and oxygen atoms in total. The predicted molar refractivity (Wildman–Crippen MR) is 251 cm³/mol. The Bertz CT molecular complexity index is 3110. The van der Waals surface area contributed by atoms with Crippen LogP contribution in [0, 0.1) is 0 Å². The number of carbonyl (C=O) groups excluding carboxylic acids is 2. The number of anilines is 1. The molecule has 1 fully saturated rings. The van der Waals surface area contributed by atoms with Gasteiger partial charge in [-0.05, 0) is 94.3 Å². The fourth-order valence-corrected chi connectivity index (χ4v) is 8.21. The summed E-state index contributed by atoms with van der Waals surface area (Å²) >= 11 is 0. The maximum absolute atomic E-state index is 13.5. The number of phenols is 1. The average molecular weight is 896 g/mol. The monoisotopic (exact) mass is 895 g/mol. The van der Waals surface area contributed by atoms with Crippen LogP contribution in [0.15, 0.2) is 120 Å². The van der Waals surface area contributed by atoms with Gasteiger partial charge in [0.1, 0.15) is 17.1 Å². The van der Waals surface area contributed by atoms with E-state index in [0.717, 1.165) is 27.5 Å². The van der Waals surface area contributed by atoms with E-state index in [0.29, 0.717) is 46.4 Å². The molecule has 5 aromatic carbocycles. The van der Waals surface area contributed by atoms with E-state index in [9.17, 15) is 38.2 Å². The van der Waals surface area contributed by atoms with Crippen molar-refractivity contribution in [1.29, 1.82) is 0 Å². The zero-order valence-electron chi connectivity index (χ0n) is 36.6. The number of carboxylic acid groups (broad SMARTS) is 1. The number of aromatic nitrogens is 2. The molecule has 3 heterocycles. The number of ketones is 1. The number of halogens is 2. The van der Waals surface area contributed by atoms with Gasteiger partial charge in [-0.1, -0.05) is 104 Å². The van der Waals surface area contributed by atoms with E-state index in [1.54, 1.807) is 42.5 Å². The van der Waals surface area contributed by atoms with Crippen LogP contribution in [0.5, 0.6) is 17.2 Å². The molecule has 0 atom stereocenters. The molecule has 1 amide bonds. The van der Waals surface area contributed by atoms with Crippen LogP contribution >= 0.6 is 0 Å². The molecule has 2 aliphatic rings. The highest BCUT2D eigenvalue weighted by Gasteiger charge is 2.52. The van der Waals surface area contributed by atoms with E-state index in [4.69, 9.17) is 4.98 Å². The molecule has 1 aliphatic carbocycles. The summed E-state index contributed by atoms with van der Waals surface area (Å²) in [6.07, 6.45) is -0.997. The van der Waals surface area contributed by atoms with Crippen LogP contribution in [0.25, 0.3) is 32.9 Å². The summed E-state index contributed by atoms with van der Waals surface area (Å²) in [7, 11) is 0. The number of nitrogens with zero attached hydrogens (tertiary/aromatic N) is 1. The number of hydrogen-bond donors (Lipinski definition) is 4. The van der Waals surface area contributed by atoms with Crippen molar-refractivity contribution in [1.82, 2.24) is 9.97 Å². The predicted octanol–water partition coefficient (Wildman–Crippen LogP) is 11.5. The Hall–Kier alpha value is -7.41. The largest absolute Gasteiger partial charge is 0.586 e. The van der Waals surface area contributed by atoms with Crippen molar-refractivity contribution in [2.75, 3.05) is 5.32 Å². The molecule has 2 aromatic heterocycles. The summed E-state index contributed by atoms with van der Waals surface area (Å²) in [6.45, 7) is 12.2. The molecule has 0 radical (unpaired) electrons. The summed E-state index contributed by atoms with van der Waals surface area (Å²) in [6, 6.07) is 31.1. The van der Waals surface area contributed by atoms with Crippen LogP contribution in [-0.4, -0.2) is 44.1 Å². The van der Waals surface area contributed by atoms with Crippen molar-refractivity contribution < 1.29 is 42.9 Å². The third kappa shape index (κ3) is 9.24. The van der Waals surface area contributed by atoms with E-state index in [1.165, 1.54) is 30.5 Å². The number of amides is 1. The van der Waals surface area contributed by atoms with E-state index in [-0.39, 0.29) is 64.3 Å². The van der Waals surface area contributed by atoms with Crippen molar-refractivity contribution in [2.24, 2.45) is 0 Å². The van der Waals surface area contributed by atoms with Crippen LogP contribution in [0.1, 0.15) is 105 Å². The number of pyridine rings is 2. The number of aromatic amines is 1. The maximum atomic E-state index is 13.5. The number of carbonyl (C=O) groups is 3. The van der Waals surface area contributed by atoms with E-state index in [2.05, 4.69) is 19.8 Å². The van der Waals surface area contributed by atoms with E-state index in [1.807, 2.05) is 84.0 Å². The molecule has 0 unspecified atom stereocenters. The van der Waals surface area contributed by atoms with Gasteiger partial charge in [0.2, 0.25) is 5.43 Å². The number of aromatic hydroxyl groups is 1. The van der Waals surface area contributed by atoms with E-state index >= 15 is 0 Å².